The van der Waals surface area contributed by atoms with Crippen molar-refractivity contribution in [2.24, 2.45) is 4.99 Å². The zero-order valence-electron chi connectivity index (χ0n) is 13.0. The number of ether oxygens (including phenoxy) is 1. The highest BCUT2D eigenvalue weighted by Crippen LogP contribution is 2.26. The molecule has 0 saturated carbocycles. The maximum Gasteiger partial charge on any atom is 0.173 e. The van der Waals surface area contributed by atoms with Gasteiger partial charge in [0.25, 0.3) is 0 Å². The van der Waals surface area contributed by atoms with Crippen LogP contribution in [0.3, 0.4) is 0 Å². The topological polar surface area (TPSA) is 53.9 Å². The van der Waals surface area contributed by atoms with Crippen LogP contribution in [-0.2, 0) is 4.74 Å². The summed E-state index contributed by atoms with van der Waals surface area (Å²) in [6, 6.07) is 0.211. The van der Waals surface area contributed by atoms with Crippen molar-refractivity contribution < 1.29 is 4.74 Å². The predicted molar refractivity (Wildman–Crippen MR) is 87.1 cm³/mol. The fourth-order valence-corrected chi connectivity index (χ4v) is 2.30. The van der Waals surface area contributed by atoms with E-state index in [1.165, 1.54) is 0 Å². The molecule has 116 valence electrons. The molecule has 21 heavy (non-hydrogen) atoms. The lowest BCUT2D eigenvalue weighted by Crippen LogP contribution is -2.37. The van der Waals surface area contributed by atoms with E-state index < -0.39 is 0 Å². The van der Waals surface area contributed by atoms with E-state index in [1.807, 2.05) is 32.8 Å². The summed E-state index contributed by atoms with van der Waals surface area (Å²) in [6.45, 7) is 7.01. The Morgan fingerprint density at radius 1 is 1.29 bits per heavy atom. The van der Waals surface area contributed by atoms with Gasteiger partial charge in [0.05, 0.1) is 19.4 Å². The van der Waals surface area contributed by atoms with Gasteiger partial charge in [-0.2, -0.15) is 0 Å². The first-order valence-electron chi connectivity index (χ1n) is 7.09. The largest absolute Gasteiger partial charge is 0.378 e. The first-order chi connectivity index (χ1) is 9.99. The summed E-state index contributed by atoms with van der Waals surface area (Å²) in [7, 11) is 3.79. The number of aromatic nitrogens is 2. The third kappa shape index (κ3) is 4.04. The van der Waals surface area contributed by atoms with Crippen molar-refractivity contribution in [3.63, 3.8) is 0 Å². The molecule has 1 aromatic rings. The Morgan fingerprint density at radius 2 is 1.95 bits per heavy atom. The second kappa shape index (κ2) is 7.04. The number of anilines is 2. The normalized spacial score (nSPS) is 16.0. The quantitative estimate of drug-likeness (QED) is 0.794. The summed E-state index contributed by atoms with van der Waals surface area (Å²) in [5, 5.41) is 0.406. The van der Waals surface area contributed by atoms with E-state index in [1.54, 1.807) is 6.21 Å². The molecule has 2 heterocycles. The van der Waals surface area contributed by atoms with Gasteiger partial charge in [-0.1, -0.05) is 11.6 Å². The van der Waals surface area contributed by atoms with Crippen LogP contribution in [0.2, 0.25) is 5.15 Å². The highest BCUT2D eigenvalue weighted by molar-refractivity contribution is 6.31. The minimum atomic E-state index is 0.211. The Kier molecular flexibility index (Phi) is 5.36. The molecule has 0 aliphatic carbocycles. The molecule has 0 spiro atoms. The van der Waals surface area contributed by atoms with Crippen LogP contribution >= 0.6 is 11.6 Å². The summed E-state index contributed by atoms with van der Waals surface area (Å²) < 4.78 is 5.39. The van der Waals surface area contributed by atoms with Gasteiger partial charge in [-0.25, -0.2) is 9.97 Å². The van der Waals surface area contributed by atoms with Crippen LogP contribution in [0.4, 0.5) is 11.6 Å². The molecule has 1 aliphatic rings. The summed E-state index contributed by atoms with van der Waals surface area (Å²) in [5.41, 5.74) is 0.749. The second-order valence-corrected chi connectivity index (χ2v) is 5.77. The SMILES string of the molecule is CC(C)N=Cc1nc(N(C)C)c(Cl)nc1N1CCOCC1. The van der Waals surface area contributed by atoms with Crippen LogP contribution in [0.5, 0.6) is 0 Å². The molecule has 7 heteroatoms. The lowest BCUT2D eigenvalue weighted by molar-refractivity contribution is 0.122. The van der Waals surface area contributed by atoms with Gasteiger partial charge in [0, 0.05) is 33.2 Å². The molecule has 1 aromatic heterocycles. The predicted octanol–water partition coefficient (Wildman–Crippen LogP) is 1.86. The average molecular weight is 312 g/mol. The van der Waals surface area contributed by atoms with E-state index in [9.17, 15) is 0 Å². The number of aliphatic imine (C=N–C) groups is 1. The molecular weight excluding hydrogens is 290 g/mol. The molecule has 2 rings (SSSR count). The molecule has 1 saturated heterocycles. The minimum Gasteiger partial charge on any atom is -0.378 e. The van der Waals surface area contributed by atoms with E-state index >= 15 is 0 Å². The van der Waals surface area contributed by atoms with Crippen LogP contribution in [0, 0.1) is 0 Å². The summed E-state index contributed by atoms with van der Waals surface area (Å²) in [6.07, 6.45) is 1.78. The Hall–Kier alpha value is -1.40. The Labute approximate surface area is 130 Å². The molecule has 1 fully saturated rings. The Morgan fingerprint density at radius 3 is 2.52 bits per heavy atom. The van der Waals surface area contributed by atoms with Gasteiger partial charge in [0.1, 0.15) is 5.69 Å². The second-order valence-electron chi connectivity index (χ2n) is 5.41. The van der Waals surface area contributed by atoms with Gasteiger partial charge in [-0.3, -0.25) is 4.99 Å². The number of nitrogens with zero attached hydrogens (tertiary/aromatic N) is 5. The van der Waals surface area contributed by atoms with Gasteiger partial charge in [-0.05, 0) is 13.8 Å². The number of hydrogen-bond acceptors (Lipinski definition) is 6. The van der Waals surface area contributed by atoms with Crippen molar-refractivity contribution in [1.82, 2.24) is 9.97 Å². The fraction of sp³-hybridized carbons (Fsp3) is 0.643. The summed E-state index contributed by atoms with van der Waals surface area (Å²) in [5.74, 6) is 1.43. The third-order valence-corrected chi connectivity index (χ3v) is 3.33. The van der Waals surface area contributed by atoms with Crippen LogP contribution in [0.25, 0.3) is 0 Å². The molecule has 0 radical (unpaired) electrons. The maximum absolute atomic E-state index is 6.26. The molecule has 0 aromatic carbocycles. The van der Waals surface area contributed by atoms with Crippen molar-refractivity contribution in [3.8, 4) is 0 Å². The van der Waals surface area contributed by atoms with Crippen molar-refractivity contribution in [2.45, 2.75) is 19.9 Å². The smallest absolute Gasteiger partial charge is 0.173 e. The highest BCUT2D eigenvalue weighted by atomic mass is 35.5. The van der Waals surface area contributed by atoms with Crippen molar-refractivity contribution >= 4 is 29.5 Å². The molecule has 0 N–H and O–H groups in total. The van der Waals surface area contributed by atoms with Gasteiger partial charge in [0.2, 0.25) is 0 Å². The Bertz CT molecular complexity index is 512. The van der Waals surface area contributed by atoms with Crippen LogP contribution in [-0.4, -0.2) is 62.6 Å². The summed E-state index contributed by atoms with van der Waals surface area (Å²) >= 11 is 6.26. The van der Waals surface area contributed by atoms with E-state index in [0.29, 0.717) is 24.2 Å². The first-order valence-corrected chi connectivity index (χ1v) is 7.47. The lowest BCUT2D eigenvalue weighted by atomic mass is 10.3. The third-order valence-electron chi connectivity index (χ3n) is 3.07. The van der Waals surface area contributed by atoms with E-state index in [2.05, 4.69) is 19.9 Å². The summed E-state index contributed by atoms with van der Waals surface area (Å²) in [4.78, 5) is 17.6. The average Bonchev–Trinajstić information content (AvgIpc) is 2.46. The molecule has 0 bridgehead atoms. The zero-order valence-corrected chi connectivity index (χ0v) is 13.8. The Balaban J connectivity index is 2.42. The molecule has 0 atom stereocenters. The number of rotatable bonds is 4. The molecule has 0 amide bonds. The van der Waals surface area contributed by atoms with Crippen LogP contribution in [0.15, 0.2) is 4.99 Å². The van der Waals surface area contributed by atoms with Gasteiger partial charge in [-0.15, -0.1) is 0 Å². The standard InChI is InChI=1S/C14H22ClN5O/c1-10(2)16-9-11-13(20-5-7-21-8-6-20)18-12(15)14(17-11)19(3)4/h9-10H,5-8H2,1-4H3. The molecule has 6 nitrogen and oxygen atoms in total. The van der Waals surface area contributed by atoms with Crippen molar-refractivity contribution in [1.29, 1.82) is 0 Å². The number of hydrogen-bond donors (Lipinski definition) is 0. The number of halogens is 1. The van der Waals surface area contributed by atoms with E-state index in [4.69, 9.17) is 16.3 Å². The monoisotopic (exact) mass is 311 g/mol. The lowest BCUT2D eigenvalue weighted by Gasteiger charge is -2.29. The first kappa shape index (κ1) is 16.0. The van der Waals surface area contributed by atoms with E-state index in [-0.39, 0.29) is 6.04 Å². The van der Waals surface area contributed by atoms with Gasteiger partial charge < -0.3 is 14.5 Å². The van der Waals surface area contributed by atoms with E-state index in [0.717, 1.165) is 24.6 Å². The van der Waals surface area contributed by atoms with Crippen molar-refractivity contribution in [2.75, 3.05) is 50.2 Å². The fourth-order valence-electron chi connectivity index (χ4n) is 2.01. The van der Waals surface area contributed by atoms with Crippen LogP contribution in [0.1, 0.15) is 19.5 Å². The van der Waals surface area contributed by atoms with Crippen LogP contribution < -0.4 is 9.80 Å². The molecule has 0 unspecified atom stereocenters. The maximum atomic E-state index is 6.26. The molecular formula is C14H22ClN5O. The minimum absolute atomic E-state index is 0.211. The highest BCUT2D eigenvalue weighted by Gasteiger charge is 2.20. The zero-order chi connectivity index (χ0) is 15.4. The van der Waals surface area contributed by atoms with Crippen molar-refractivity contribution in [3.05, 3.63) is 10.8 Å². The molecule has 1 aliphatic heterocycles. The van der Waals surface area contributed by atoms with Gasteiger partial charge in [0.15, 0.2) is 16.8 Å². The van der Waals surface area contributed by atoms with Gasteiger partial charge >= 0.3 is 0 Å². The number of morpholine rings is 1.